The molecular weight excluding hydrogens is 447 g/mol. The third kappa shape index (κ3) is 2.72. The van der Waals surface area contributed by atoms with Gasteiger partial charge in [0, 0.05) is 0 Å². The highest BCUT2D eigenvalue weighted by atomic mass is 127. The Labute approximate surface area is 165 Å². The molecule has 0 radical (unpaired) electrons. The summed E-state index contributed by atoms with van der Waals surface area (Å²) < 4.78 is 6.03. The molecule has 6 nitrogen and oxygen atoms in total. The fourth-order valence-electron chi connectivity index (χ4n) is 4.23. The molecule has 1 saturated carbocycles. The number of allylic oxidation sites excluding steroid dienone is 2. The van der Waals surface area contributed by atoms with Crippen molar-refractivity contribution in [2.24, 2.45) is 28.8 Å². The molecule has 4 aliphatic rings. The van der Waals surface area contributed by atoms with Crippen LogP contribution in [-0.2, 0) is 9.59 Å². The van der Waals surface area contributed by atoms with Gasteiger partial charge in [0.05, 0.1) is 28.2 Å². The highest BCUT2D eigenvalue weighted by Gasteiger charge is 2.56. The van der Waals surface area contributed by atoms with E-state index in [2.05, 4.69) is 17.3 Å². The second-order valence-electron chi connectivity index (χ2n) is 6.86. The minimum Gasteiger partial charge on any atom is -0.504 e. The van der Waals surface area contributed by atoms with E-state index in [1.807, 2.05) is 29.5 Å². The number of ether oxygens (including phenoxy) is 1. The summed E-state index contributed by atoms with van der Waals surface area (Å²) in [6, 6.07) is 3.37. The van der Waals surface area contributed by atoms with E-state index in [1.165, 1.54) is 6.21 Å². The van der Waals surface area contributed by atoms with Crippen LogP contribution in [0.4, 0.5) is 0 Å². The summed E-state index contributed by atoms with van der Waals surface area (Å²) in [5.74, 6) is -0.184. The normalized spacial score (nSPS) is 29.7. The van der Waals surface area contributed by atoms with E-state index in [-0.39, 0.29) is 41.2 Å². The zero-order valence-corrected chi connectivity index (χ0v) is 16.4. The van der Waals surface area contributed by atoms with E-state index in [9.17, 15) is 14.7 Å². The summed E-state index contributed by atoms with van der Waals surface area (Å²) in [5.41, 5.74) is 0.659. The summed E-state index contributed by atoms with van der Waals surface area (Å²) in [7, 11) is 0. The van der Waals surface area contributed by atoms with Gasteiger partial charge in [-0.15, -0.1) is 0 Å². The third-order valence-corrected chi connectivity index (χ3v) is 6.23. The van der Waals surface area contributed by atoms with E-state index < -0.39 is 0 Å². The fraction of sp³-hybridized carbons (Fsp3) is 0.421. The van der Waals surface area contributed by atoms with Gasteiger partial charge >= 0.3 is 0 Å². The lowest BCUT2D eigenvalue weighted by molar-refractivity contribution is -0.140. The molecule has 0 spiro atoms. The summed E-state index contributed by atoms with van der Waals surface area (Å²) >= 11 is 2.00. The van der Waals surface area contributed by atoms with Crippen LogP contribution in [0.5, 0.6) is 11.5 Å². The standard InChI is InChI=1S/C19H19IN2O4/c1-2-26-14-8-10(7-13(20)17(14)23)9-21-22-18(24)15-11-3-4-12(6-5-11)16(15)19(22)25/h3-4,7-9,11-12,15-16,23H,2,5-6H2,1H3/b21-9-/t11-,12-,15-,16+/m1/s1. The lowest BCUT2D eigenvalue weighted by atomic mass is 9.63. The number of benzene rings is 1. The number of imide groups is 1. The molecule has 1 N–H and O–H groups in total. The molecule has 2 fully saturated rings. The Kier molecular flexibility index (Phi) is 4.50. The van der Waals surface area contributed by atoms with Crippen LogP contribution in [0, 0.1) is 27.2 Å². The Hall–Kier alpha value is -1.90. The molecule has 7 heteroatoms. The number of carbonyl (C=O) groups excluding carboxylic acids is 2. The van der Waals surface area contributed by atoms with Crippen LogP contribution in [0.1, 0.15) is 25.3 Å². The van der Waals surface area contributed by atoms with Gasteiger partial charge < -0.3 is 9.84 Å². The molecule has 136 valence electrons. The summed E-state index contributed by atoms with van der Waals surface area (Å²) in [5, 5.41) is 15.2. The van der Waals surface area contributed by atoms with Crippen molar-refractivity contribution in [2.45, 2.75) is 19.8 Å². The topological polar surface area (TPSA) is 79.2 Å². The number of nitrogens with zero attached hydrogens (tertiary/aromatic N) is 2. The number of hydrogen-bond acceptors (Lipinski definition) is 5. The maximum Gasteiger partial charge on any atom is 0.254 e. The second-order valence-corrected chi connectivity index (χ2v) is 8.02. The van der Waals surface area contributed by atoms with Gasteiger partial charge in [0.25, 0.3) is 11.8 Å². The lowest BCUT2D eigenvalue weighted by Crippen LogP contribution is -2.38. The van der Waals surface area contributed by atoms with E-state index in [1.54, 1.807) is 12.1 Å². The van der Waals surface area contributed by atoms with Crippen molar-refractivity contribution in [1.82, 2.24) is 5.01 Å². The van der Waals surface area contributed by atoms with Gasteiger partial charge in [0.15, 0.2) is 11.5 Å². The molecule has 4 atom stereocenters. The van der Waals surface area contributed by atoms with E-state index in [4.69, 9.17) is 4.74 Å². The quantitative estimate of drug-likeness (QED) is 0.321. The van der Waals surface area contributed by atoms with Gasteiger partial charge in [0.2, 0.25) is 0 Å². The molecule has 1 aromatic rings. The summed E-state index contributed by atoms with van der Waals surface area (Å²) in [6.07, 6.45) is 7.58. The predicted octanol–water partition coefficient (Wildman–Crippen LogP) is 2.93. The number of carbonyl (C=O) groups is 2. The SMILES string of the molecule is CCOc1cc(/C=N\N2C(=O)[C@@H]3[C@H](C2=O)[C@@H]2C=C[C@@H]3CC2)cc(I)c1O. The third-order valence-electron chi connectivity index (χ3n) is 5.41. The van der Waals surface area contributed by atoms with Crippen LogP contribution in [0.15, 0.2) is 29.4 Å². The molecule has 1 heterocycles. The highest BCUT2D eigenvalue weighted by Crippen LogP contribution is 2.49. The number of amides is 2. The zero-order chi connectivity index (χ0) is 18.4. The number of hydrazone groups is 1. The maximum absolute atomic E-state index is 12.7. The van der Waals surface area contributed by atoms with E-state index in [0.717, 1.165) is 17.9 Å². The Bertz CT molecular complexity index is 803. The summed E-state index contributed by atoms with van der Waals surface area (Å²) in [6.45, 7) is 2.26. The monoisotopic (exact) mass is 466 g/mol. The molecule has 26 heavy (non-hydrogen) atoms. The van der Waals surface area contributed by atoms with Gasteiger partial charge in [-0.3, -0.25) is 9.59 Å². The average molecular weight is 466 g/mol. The second kappa shape index (κ2) is 6.68. The Morgan fingerprint density at radius 2 is 1.85 bits per heavy atom. The van der Waals surface area contributed by atoms with Crippen molar-refractivity contribution in [1.29, 1.82) is 0 Å². The first-order valence-corrected chi connectivity index (χ1v) is 9.84. The van der Waals surface area contributed by atoms with Crippen LogP contribution in [0.25, 0.3) is 0 Å². The first-order valence-electron chi connectivity index (χ1n) is 8.76. The molecule has 1 saturated heterocycles. The number of rotatable bonds is 4. The van der Waals surface area contributed by atoms with E-state index in [0.29, 0.717) is 21.5 Å². The maximum atomic E-state index is 12.7. The first kappa shape index (κ1) is 17.5. The van der Waals surface area contributed by atoms with Gasteiger partial charge in [-0.1, -0.05) is 12.2 Å². The van der Waals surface area contributed by atoms with Gasteiger partial charge in [0.1, 0.15) is 0 Å². The Morgan fingerprint density at radius 1 is 1.23 bits per heavy atom. The van der Waals surface area contributed by atoms with Crippen LogP contribution in [0.2, 0.25) is 0 Å². The molecule has 2 bridgehead atoms. The van der Waals surface area contributed by atoms with Crippen LogP contribution < -0.4 is 4.74 Å². The predicted molar refractivity (Wildman–Crippen MR) is 104 cm³/mol. The number of aromatic hydroxyl groups is 1. The molecular formula is C19H19IN2O4. The summed E-state index contributed by atoms with van der Waals surface area (Å²) in [4.78, 5) is 25.5. The number of phenols is 1. The molecule has 0 unspecified atom stereocenters. The van der Waals surface area contributed by atoms with Gasteiger partial charge in [-0.05, 0) is 71.9 Å². The van der Waals surface area contributed by atoms with Crippen molar-refractivity contribution in [3.05, 3.63) is 33.4 Å². The number of hydrogen-bond donors (Lipinski definition) is 1. The Balaban J connectivity index is 1.60. The average Bonchev–Trinajstić information content (AvgIpc) is 2.91. The number of fused-ring (bicyclic) bond motifs is 1. The lowest BCUT2D eigenvalue weighted by Gasteiger charge is -2.37. The fourth-order valence-corrected chi connectivity index (χ4v) is 4.86. The minimum absolute atomic E-state index is 0.0756. The Morgan fingerprint density at radius 3 is 2.38 bits per heavy atom. The molecule has 1 aliphatic heterocycles. The minimum atomic E-state index is -0.262. The number of phenolic OH excluding ortho intramolecular Hbond substituents is 1. The zero-order valence-electron chi connectivity index (χ0n) is 14.3. The number of halogens is 1. The van der Waals surface area contributed by atoms with Crippen molar-refractivity contribution < 1.29 is 19.4 Å². The van der Waals surface area contributed by atoms with Crippen LogP contribution in [-0.4, -0.2) is 34.8 Å². The van der Waals surface area contributed by atoms with Gasteiger partial charge in [-0.25, -0.2) is 0 Å². The highest BCUT2D eigenvalue weighted by molar-refractivity contribution is 14.1. The first-order chi connectivity index (χ1) is 12.5. The van der Waals surface area contributed by atoms with Crippen LogP contribution in [0.3, 0.4) is 0 Å². The largest absolute Gasteiger partial charge is 0.504 e. The smallest absolute Gasteiger partial charge is 0.254 e. The van der Waals surface area contributed by atoms with Crippen molar-refractivity contribution >= 4 is 40.6 Å². The van der Waals surface area contributed by atoms with E-state index >= 15 is 0 Å². The van der Waals surface area contributed by atoms with Crippen LogP contribution >= 0.6 is 22.6 Å². The molecule has 0 aromatic heterocycles. The molecule has 1 aromatic carbocycles. The van der Waals surface area contributed by atoms with Gasteiger partial charge in [-0.2, -0.15) is 10.1 Å². The molecule has 2 amide bonds. The van der Waals surface area contributed by atoms with Crippen molar-refractivity contribution in [3.8, 4) is 11.5 Å². The van der Waals surface area contributed by atoms with Crippen molar-refractivity contribution in [3.63, 3.8) is 0 Å². The molecule has 5 rings (SSSR count). The van der Waals surface area contributed by atoms with Crippen molar-refractivity contribution in [2.75, 3.05) is 6.61 Å². The molecule has 3 aliphatic carbocycles.